The molecule has 1 aromatic rings. The predicted octanol–water partition coefficient (Wildman–Crippen LogP) is 2.29. The highest BCUT2D eigenvalue weighted by Crippen LogP contribution is 2.06. The predicted molar refractivity (Wildman–Crippen MR) is 63.4 cm³/mol. The van der Waals surface area contributed by atoms with Gasteiger partial charge in [-0.05, 0) is 19.3 Å². The SMILES string of the molecule is CC(C)CC(C)NC(=O)c1cncc(Cl)n1. The second-order valence-electron chi connectivity index (χ2n) is 4.23. The zero-order valence-corrected chi connectivity index (χ0v) is 10.5. The Labute approximate surface area is 100 Å². The lowest BCUT2D eigenvalue weighted by Crippen LogP contribution is -2.34. The lowest BCUT2D eigenvalue weighted by molar-refractivity contribution is 0.0930. The quantitative estimate of drug-likeness (QED) is 0.880. The maximum Gasteiger partial charge on any atom is 0.271 e. The Morgan fingerprint density at radius 2 is 2.12 bits per heavy atom. The molecule has 0 saturated heterocycles. The topological polar surface area (TPSA) is 54.9 Å². The zero-order valence-electron chi connectivity index (χ0n) is 9.70. The third-order valence-corrected chi connectivity index (χ3v) is 2.22. The highest BCUT2D eigenvalue weighted by molar-refractivity contribution is 6.29. The molecule has 0 bridgehead atoms. The molecule has 0 radical (unpaired) electrons. The standard InChI is InChI=1S/C11H16ClN3O/c1-7(2)4-8(3)14-11(16)9-5-13-6-10(12)15-9/h5-8H,4H2,1-3H3,(H,14,16). The van der Waals surface area contributed by atoms with Crippen LogP contribution in [-0.4, -0.2) is 21.9 Å². The van der Waals surface area contributed by atoms with Crippen LogP contribution in [0.2, 0.25) is 5.15 Å². The third kappa shape index (κ3) is 4.14. The van der Waals surface area contributed by atoms with Gasteiger partial charge in [0.15, 0.2) is 0 Å². The van der Waals surface area contributed by atoms with Crippen LogP contribution in [0.1, 0.15) is 37.7 Å². The van der Waals surface area contributed by atoms with E-state index in [0.29, 0.717) is 5.92 Å². The van der Waals surface area contributed by atoms with Crippen LogP contribution >= 0.6 is 11.6 Å². The van der Waals surface area contributed by atoms with Gasteiger partial charge in [0.25, 0.3) is 5.91 Å². The van der Waals surface area contributed by atoms with Gasteiger partial charge in [-0.1, -0.05) is 25.4 Å². The van der Waals surface area contributed by atoms with Crippen LogP contribution in [0.5, 0.6) is 0 Å². The maximum absolute atomic E-state index is 11.7. The fourth-order valence-corrected chi connectivity index (χ4v) is 1.66. The van der Waals surface area contributed by atoms with Crippen LogP contribution in [0.3, 0.4) is 0 Å². The molecule has 1 unspecified atom stereocenters. The van der Waals surface area contributed by atoms with Crippen molar-refractivity contribution in [3.05, 3.63) is 23.2 Å². The molecule has 5 heteroatoms. The molecule has 4 nitrogen and oxygen atoms in total. The largest absolute Gasteiger partial charge is 0.348 e. The Kier molecular flexibility index (Phi) is 4.68. The number of carbonyl (C=O) groups is 1. The summed E-state index contributed by atoms with van der Waals surface area (Å²) in [5, 5.41) is 3.08. The van der Waals surface area contributed by atoms with Gasteiger partial charge in [0.2, 0.25) is 0 Å². The van der Waals surface area contributed by atoms with Crippen molar-refractivity contribution >= 4 is 17.5 Å². The average molecular weight is 242 g/mol. The zero-order chi connectivity index (χ0) is 12.1. The van der Waals surface area contributed by atoms with E-state index in [-0.39, 0.29) is 22.8 Å². The van der Waals surface area contributed by atoms with Crippen LogP contribution in [0.4, 0.5) is 0 Å². The van der Waals surface area contributed by atoms with Gasteiger partial charge in [0.05, 0.1) is 12.4 Å². The van der Waals surface area contributed by atoms with Crippen molar-refractivity contribution in [2.24, 2.45) is 5.92 Å². The van der Waals surface area contributed by atoms with Crippen molar-refractivity contribution in [2.75, 3.05) is 0 Å². The molecule has 1 heterocycles. The summed E-state index contributed by atoms with van der Waals surface area (Å²) in [5.41, 5.74) is 0.253. The maximum atomic E-state index is 11.7. The minimum atomic E-state index is -0.233. The Morgan fingerprint density at radius 1 is 1.44 bits per heavy atom. The number of amides is 1. The molecule has 0 fully saturated rings. The van der Waals surface area contributed by atoms with E-state index in [2.05, 4.69) is 29.1 Å². The molecule has 1 amide bonds. The van der Waals surface area contributed by atoms with Crippen molar-refractivity contribution in [3.63, 3.8) is 0 Å². The monoisotopic (exact) mass is 241 g/mol. The first-order valence-corrected chi connectivity index (χ1v) is 5.65. The summed E-state index contributed by atoms with van der Waals surface area (Å²) in [6.45, 7) is 6.19. The number of hydrogen-bond donors (Lipinski definition) is 1. The van der Waals surface area contributed by atoms with E-state index < -0.39 is 0 Å². The van der Waals surface area contributed by atoms with Crippen LogP contribution in [0.25, 0.3) is 0 Å². The molecule has 16 heavy (non-hydrogen) atoms. The minimum Gasteiger partial charge on any atom is -0.348 e. The lowest BCUT2D eigenvalue weighted by atomic mass is 10.1. The van der Waals surface area contributed by atoms with Crippen LogP contribution in [0, 0.1) is 5.92 Å². The fraction of sp³-hybridized carbons (Fsp3) is 0.545. The Hall–Kier alpha value is -1.16. The number of halogens is 1. The van der Waals surface area contributed by atoms with Crippen molar-refractivity contribution in [3.8, 4) is 0 Å². The van der Waals surface area contributed by atoms with E-state index in [1.807, 2.05) is 6.92 Å². The van der Waals surface area contributed by atoms with E-state index in [1.165, 1.54) is 12.4 Å². The van der Waals surface area contributed by atoms with Gasteiger partial charge in [0, 0.05) is 6.04 Å². The summed E-state index contributed by atoms with van der Waals surface area (Å²) < 4.78 is 0. The molecule has 1 N–H and O–H groups in total. The second-order valence-corrected chi connectivity index (χ2v) is 4.62. The molecule has 1 atom stereocenters. The number of aromatic nitrogens is 2. The molecule has 1 aromatic heterocycles. The van der Waals surface area contributed by atoms with Crippen molar-refractivity contribution in [1.29, 1.82) is 0 Å². The molecule has 0 spiro atoms. The first kappa shape index (κ1) is 12.9. The molecule has 1 rings (SSSR count). The van der Waals surface area contributed by atoms with Gasteiger partial charge in [-0.15, -0.1) is 0 Å². The number of nitrogens with zero attached hydrogens (tertiary/aromatic N) is 2. The van der Waals surface area contributed by atoms with Gasteiger partial charge >= 0.3 is 0 Å². The molecular formula is C11H16ClN3O. The third-order valence-electron chi connectivity index (χ3n) is 2.04. The van der Waals surface area contributed by atoms with Gasteiger partial charge in [-0.2, -0.15) is 0 Å². The summed E-state index contributed by atoms with van der Waals surface area (Å²) >= 11 is 5.66. The summed E-state index contributed by atoms with van der Waals surface area (Å²) in [6, 6.07) is 0.119. The Bertz CT molecular complexity index is 368. The van der Waals surface area contributed by atoms with Gasteiger partial charge < -0.3 is 5.32 Å². The van der Waals surface area contributed by atoms with Crippen LogP contribution in [0.15, 0.2) is 12.4 Å². The molecule has 0 aliphatic rings. The first-order valence-electron chi connectivity index (χ1n) is 5.27. The van der Waals surface area contributed by atoms with Crippen LogP contribution < -0.4 is 5.32 Å². The second kappa shape index (κ2) is 5.80. The van der Waals surface area contributed by atoms with E-state index in [4.69, 9.17) is 11.6 Å². The average Bonchev–Trinajstić information content (AvgIpc) is 2.16. The highest BCUT2D eigenvalue weighted by Gasteiger charge is 2.12. The fourth-order valence-electron chi connectivity index (χ4n) is 1.52. The van der Waals surface area contributed by atoms with Crippen molar-refractivity contribution in [2.45, 2.75) is 33.2 Å². The molecule has 0 aromatic carbocycles. The first-order chi connectivity index (χ1) is 7.49. The smallest absolute Gasteiger partial charge is 0.271 e. The molecule has 88 valence electrons. The minimum absolute atomic E-state index is 0.119. The van der Waals surface area contributed by atoms with E-state index in [0.717, 1.165) is 6.42 Å². The molecule has 0 aliphatic heterocycles. The Balaban J connectivity index is 2.59. The van der Waals surface area contributed by atoms with E-state index >= 15 is 0 Å². The number of nitrogens with one attached hydrogen (secondary N) is 1. The summed E-state index contributed by atoms with van der Waals surface area (Å²) in [7, 11) is 0. The van der Waals surface area contributed by atoms with Crippen molar-refractivity contribution < 1.29 is 4.79 Å². The molecule has 0 aliphatic carbocycles. The van der Waals surface area contributed by atoms with Gasteiger partial charge in [-0.25, -0.2) is 4.98 Å². The normalized spacial score (nSPS) is 12.6. The summed E-state index contributed by atoms with van der Waals surface area (Å²) in [4.78, 5) is 19.4. The number of carbonyl (C=O) groups excluding carboxylic acids is 1. The molecule has 0 saturated carbocycles. The number of rotatable bonds is 4. The summed E-state index contributed by atoms with van der Waals surface area (Å²) in [5.74, 6) is 0.309. The molecular weight excluding hydrogens is 226 g/mol. The number of hydrogen-bond acceptors (Lipinski definition) is 3. The van der Waals surface area contributed by atoms with Gasteiger partial charge in [-0.3, -0.25) is 9.78 Å². The van der Waals surface area contributed by atoms with E-state index in [1.54, 1.807) is 0 Å². The lowest BCUT2D eigenvalue weighted by Gasteiger charge is -2.15. The van der Waals surface area contributed by atoms with Gasteiger partial charge in [0.1, 0.15) is 10.8 Å². The highest BCUT2D eigenvalue weighted by atomic mass is 35.5. The van der Waals surface area contributed by atoms with E-state index in [9.17, 15) is 4.79 Å². The van der Waals surface area contributed by atoms with Crippen LogP contribution in [-0.2, 0) is 0 Å². The van der Waals surface area contributed by atoms with Crippen molar-refractivity contribution in [1.82, 2.24) is 15.3 Å². The summed E-state index contributed by atoms with van der Waals surface area (Å²) in [6.07, 6.45) is 3.74. The Morgan fingerprint density at radius 3 is 2.69 bits per heavy atom.